The highest BCUT2D eigenvalue weighted by Crippen LogP contribution is 2.18. The molecule has 0 radical (unpaired) electrons. The van der Waals surface area contributed by atoms with Gasteiger partial charge in [-0.2, -0.15) is 0 Å². The average molecular weight is 234 g/mol. The molecule has 1 aliphatic rings. The summed E-state index contributed by atoms with van der Waals surface area (Å²) in [5.41, 5.74) is 2.51. The van der Waals surface area contributed by atoms with Crippen LogP contribution in [0.3, 0.4) is 0 Å². The van der Waals surface area contributed by atoms with Crippen molar-refractivity contribution in [3.8, 4) is 5.75 Å². The minimum Gasteiger partial charge on any atom is -0.493 e. The Morgan fingerprint density at radius 1 is 1.18 bits per heavy atom. The molecule has 0 amide bonds. The quantitative estimate of drug-likeness (QED) is 0.766. The highest BCUT2D eigenvalue weighted by atomic mass is 16.5. The second-order valence-corrected chi connectivity index (χ2v) is 5.18. The van der Waals surface area contributed by atoms with Gasteiger partial charge in [0.25, 0.3) is 0 Å². The number of quaternary nitrogens is 1. The molecule has 1 aliphatic heterocycles. The van der Waals surface area contributed by atoms with Gasteiger partial charge in [0.1, 0.15) is 5.75 Å². The largest absolute Gasteiger partial charge is 0.493 e. The van der Waals surface area contributed by atoms with E-state index >= 15 is 0 Å². The van der Waals surface area contributed by atoms with Crippen LogP contribution >= 0.6 is 0 Å². The fourth-order valence-corrected chi connectivity index (χ4v) is 2.49. The minimum atomic E-state index is 0.855. The van der Waals surface area contributed by atoms with Gasteiger partial charge in [0.15, 0.2) is 0 Å². The van der Waals surface area contributed by atoms with Gasteiger partial charge in [-0.25, -0.2) is 0 Å². The Bertz CT molecular complexity index is 356. The summed E-state index contributed by atoms with van der Waals surface area (Å²) in [6.07, 6.45) is 3.99. The van der Waals surface area contributed by atoms with E-state index in [2.05, 4.69) is 32.0 Å². The Morgan fingerprint density at radius 3 is 2.71 bits per heavy atom. The lowest BCUT2D eigenvalue weighted by Gasteiger charge is -2.13. The molecule has 1 saturated heterocycles. The van der Waals surface area contributed by atoms with Crippen molar-refractivity contribution < 1.29 is 9.64 Å². The zero-order chi connectivity index (χ0) is 12.1. The molecule has 0 aliphatic carbocycles. The molecule has 0 spiro atoms. The van der Waals surface area contributed by atoms with Crippen LogP contribution in [-0.2, 0) is 0 Å². The third-order valence-electron chi connectivity index (χ3n) is 3.59. The first-order chi connectivity index (χ1) is 8.25. The number of nitrogens with one attached hydrogen (secondary N) is 1. The number of hydrogen-bond acceptors (Lipinski definition) is 1. The maximum absolute atomic E-state index is 5.86. The standard InChI is InChI=1S/C15H23NO/c1-13-6-7-14(2)15(12-13)17-11-5-10-16-8-3-4-9-16/h6-7,12H,3-5,8-11H2,1-2H3/p+1. The molecule has 1 aromatic carbocycles. The lowest BCUT2D eigenvalue weighted by atomic mass is 10.1. The SMILES string of the molecule is Cc1ccc(C)c(OCCC[NH+]2CCCC2)c1. The van der Waals surface area contributed by atoms with Crippen molar-refractivity contribution in [2.24, 2.45) is 0 Å². The molecular weight excluding hydrogens is 210 g/mol. The van der Waals surface area contributed by atoms with E-state index in [0.717, 1.165) is 12.4 Å². The number of hydrogen-bond donors (Lipinski definition) is 1. The first-order valence-electron chi connectivity index (χ1n) is 6.79. The van der Waals surface area contributed by atoms with E-state index in [4.69, 9.17) is 4.74 Å². The fraction of sp³-hybridized carbons (Fsp3) is 0.600. The van der Waals surface area contributed by atoms with Crippen molar-refractivity contribution in [1.82, 2.24) is 0 Å². The molecule has 2 heteroatoms. The highest BCUT2D eigenvalue weighted by Gasteiger charge is 2.14. The molecule has 0 atom stereocenters. The Morgan fingerprint density at radius 2 is 1.94 bits per heavy atom. The van der Waals surface area contributed by atoms with E-state index in [1.54, 1.807) is 4.90 Å². The van der Waals surface area contributed by atoms with E-state index in [-0.39, 0.29) is 0 Å². The van der Waals surface area contributed by atoms with Crippen LogP contribution in [0.25, 0.3) is 0 Å². The van der Waals surface area contributed by atoms with Gasteiger partial charge in [0.2, 0.25) is 0 Å². The first-order valence-corrected chi connectivity index (χ1v) is 6.79. The zero-order valence-electron chi connectivity index (χ0n) is 11.1. The molecule has 17 heavy (non-hydrogen) atoms. The molecular formula is C15H24NO+. The molecule has 1 N–H and O–H groups in total. The van der Waals surface area contributed by atoms with Crippen LogP contribution in [-0.4, -0.2) is 26.2 Å². The summed E-state index contributed by atoms with van der Waals surface area (Å²) in [4.78, 5) is 1.76. The molecule has 0 saturated carbocycles. The van der Waals surface area contributed by atoms with Crippen LogP contribution in [0.1, 0.15) is 30.4 Å². The number of likely N-dealkylation sites (tertiary alicyclic amines) is 1. The van der Waals surface area contributed by atoms with Crippen LogP contribution < -0.4 is 9.64 Å². The molecule has 0 unspecified atom stereocenters. The Kier molecular flexibility index (Phi) is 4.43. The van der Waals surface area contributed by atoms with Crippen molar-refractivity contribution in [3.63, 3.8) is 0 Å². The first kappa shape index (κ1) is 12.4. The smallest absolute Gasteiger partial charge is 0.122 e. The predicted molar refractivity (Wildman–Crippen MR) is 70.8 cm³/mol. The van der Waals surface area contributed by atoms with Crippen molar-refractivity contribution in [3.05, 3.63) is 29.3 Å². The van der Waals surface area contributed by atoms with Crippen molar-refractivity contribution in [1.29, 1.82) is 0 Å². The van der Waals surface area contributed by atoms with E-state index in [1.165, 1.54) is 50.0 Å². The molecule has 0 bridgehead atoms. The van der Waals surface area contributed by atoms with Crippen LogP contribution in [0, 0.1) is 13.8 Å². The van der Waals surface area contributed by atoms with Gasteiger partial charge in [-0.3, -0.25) is 0 Å². The molecule has 94 valence electrons. The molecule has 1 fully saturated rings. The Balaban J connectivity index is 1.72. The maximum Gasteiger partial charge on any atom is 0.122 e. The Labute approximate surface area is 105 Å². The number of rotatable bonds is 5. The summed E-state index contributed by atoms with van der Waals surface area (Å²) in [7, 11) is 0. The predicted octanol–water partition coefficient (Wildman–Crippen LogP) is 1.75. The molecule has 2 nitrogen and oxygen atoms in total. The molecule has 1 heterocycles. The highest BCUT2D eigenvalue weighted by molar-refractivity contribution is 5.35. The van der Waals surface area contributed by atoms with Crippen LogP contribution in [0.5, 0.6) is 5.75 Å². The van der Waals surface area contributed by atoms with E-state index in [1.807, 2.05) is 0 Å². The lowest BCUT2D eigenvalue weighted by molar-refractivity contribution is -0.887. The van der Waals surface area contributed by atoms with E-state index in [0.29, 0.717) is 0 Å². The fourth-order valence-electron chi connectivity index (χ4n) is 2.49. The second kappa shape index (κ2) is 6.06. The van der Waals surface area contributed by atoms with E-state index < -0.39 is 0 Å². The van der Waals surface area contributed by atoms with Crippen molar-refractivity contribution in [2.45, 2.75) is 33.1 Å². The van der Waals surface area contributed by atoms with Gasteiger partial charge in [-0.15, -0.1) is 0 Å². The number of aryl methyl sites for hydroxylation is 2. The van der Waals surface area contributed by atoms with Gasteiger partial charge in [-0.05, 0) is 31.0 Å². The lowest BCUT2D eigenvalue weighted by Crippen LogP contribution is -3.10. The summed E-state index contributed by atoms with van der Waals surface area (Å²) >= 11 is 0. The van der Waals surface area contributed by atoms with Crippen LogP contribution in [0.2, 0.25) is 0 Å². The minimum absolute atomic E-state index is 0.855. The van der Waals surface area contributed by atoms with Gasteiger partial charge < -0.3 is 9.64 Å². The summed E-state index contributed by atoms with van der Waals surface area (Å²) in [6, 6.07) is 6.41. The van der Waals surface area contributed by atoms with Gasteiger partial charge in [0.05, 0.1) is 26.2 Å². The van der Waals surface area contributed by atoms with Crippen molar-refractivity contribution in [2.75, 3.05) is 26.2 Å². The molecule has 1 aromatic rings. The summed E-state index contributed by atoms with van der Waals surface area (Å²) in [6.45, 7) is 9.08. The Hall–Kier alpha value is -1.02. The topological polar surface area (TPSA) is 13.7 Å². The van der Waals surface area contributed by atoms with Crippen molar-refractivity contribution >= 4 is 0 Å². The summed E-state index contributed by atoms with van der Waals surface area (Å²) in [5.74, 6) is 1.06. The normalized spacial score (nSPS) is 16.4. The number of benzene rings is 1. The third-order valence-corrected chi connectivity index (χ3v) is 3.59. The number of ether oxygens (including phenoxy) is 1. The van der Waals surface area contributed by atoms with Gasteiger partial charge >= 0.3 is 0 Å². The third kappa shape index (κ3) is 3.74. The van der Waals surface area contributed by atoms with Gasteiger partial charge in [0, 0.05) is 19.3 Å². The zero-order valence-corrected chi connectivity index (χ0v) is 11.1. The van der Waals surface area contributed by atoms with E-state index in [9.17, 15) is 0 Å². The molecule has 2 rings (SSSR count). The maximum atomic E-state index is 5.86. The van der Waals surface area contributed by atoms with Crippen LogP contribution in [0.4, 0.5) is 0 Å². The van der Waals surface area contributed by atoms with Gasteiger partial charge in [-0.1, -0.05) is 12.1 Å². The second-order valence-electron chi connectivity index (χ2n) is 5.18. The molecule has 0 aromatic heterocycles. The monoisotopic (exact) mass is 234 g/mol. The summed E-state index contributed by atoms with van der Waals surface area (Å²) < 4.78 is 5.86. The average Bonchev–Trinajstić information content (AvgIpc) is 2.82. The van der Waals surface area contributed by atoms with Crippen LogP contribution in [0.15, 0.2) is 18.2 Å². The summed E-state index contributed by atoms with van der Waals surface area (Å²) in [5, 5.41) is 0.